The van der Waals surface area contributed by atoms with Gasteiger partial charge in [-0.3, -0.25) is 9.48 Å². The molecule has 1 unspecified atom stereocenters. The van der Waals surface area contributed by atoms with Crippen LogP contribution in [0.1, 0.15) is 24.2 Å². The topological polar surface area (TPSA) is 76.4 Å². The Morgan fingerprint density at radius 1 is 1.39 bits per heavy atom. The third kappa shape index (κ3) is 3.90. The Balaban J connectivity index is 2.29. The van der Waals surface area contributed by atoms with Crippen molar-refractivity contribution in [2.75, 3.05) is 13.7 Å². The van der Waals surface area contributed by atoms with Crippen molar-refractivity contribution in [2.24, 2.45) is 13.0 Å². The second-order valence-electron chi connectivity index (χ2n) is 5.79. The number of methoxy groups -OCH3 is 1. The molecule has 0 aliphatic rings. The number of aromatic nitrogens is 2. The predicted molar refractivity (Wildman–Crippen MR) is 88.4 cm³/mol. The van der Waals surface area contributed by atoms with E-state index < -0.39 is 6.10 Å². The molecule has 1 atom stereocenters. The molecule has 124 valence electrons. The SMILES string of the molecule is COc1ccccc1-c1nn(C)cc1C(=O)NCC(O)C(C)C. The molecule has 6 heteroatoms. The predicted octanol–water partition coefficient (Wildman–Crippen LogP) is 1.84. The number of carbonyl (C=O) groups excluding carboxylic acids is 1. The van der Waals surface area contributed by atoms with Gasteiger partial charge in [-0.1, -0.05) is 26.0 Å². The summed E-state index contributed by atoms with van der Waals surface area (Å²) in [6, 6.07) is 7.43. The van der Waals surface area contributed by atoms with Crippen LogP contribution in [0.5, 0.6) is 5.75 Å². The number of hydrogen-bond acceptors (Lipinski definition) is 4. The van der Waals surface area contributed by atoms with Gasteiger partial charge < -0.3 is 15.2 Å². The highest BCUT2D eigenvalue weighted by molar-refractivity contribution is 6.00. The standard InChI is InChI=1S/C17H23N3O3/c1-11(2)14(21)9-18-17(22)13-10-20(3)19-16(13)12-7-5-6-8-15(12)23-4/h5-8,10-11,14,21H,9H2,1-4H3,(H,18,22). The van der Waals surface area contributed by atoms with Crippen molar-refractivity contribution >= 4 is 5.91 Å². The summed E-state index contributed by atoms with van der Waals surface area (Å²) in [7, 11) is 3.35. The molecule has 2 N–H and O–H groups in total. The van der Waals surface area contributed by atoms with Crippen LogP contribution in [0.3, 0.4) is 0 Å². The molecule has 1 heterocycles. The van der Waals surface area contributed by atoms with Crippen LogP contribution in [0, 0.1) is 5.92 Å². The largest absolute Gasteiger partial charge is 0.496 e. The van der Waals surface area contributed by atoms with Gasteiger partial charge in [-0.2, -0.15) is 5.10 Å². The first-order valence-corrected chi connectivity index (χ1v) is 7.57. The normalized spacial score (nSPS) is 12.3. The van der Waals surface area contributed by atoms with Gasteiger partial charge in [0.1, 0.15) is 11.4 Å². The van der Waals surface area contributed by atoms with E-state index in [0.29, 0.717) is 17.0 Å². The van der Waals surface area contributed by atoms with Crippen molar-refractivity contribution in [3.8, 4) is 17.0 Å². The highest BCUT2D eigenvalue weighted by Crippen LogP contribution is 2.30. The molecule has 0 fully saturated rings. The van der Waals surface area contributed by atoms with Crippen LogP contribution < -0.4 is 10.1 Å². The first-order valence-electron chi connectivity index (χ1n) is 7.57. The summed E-state index contributed by atoms with van der Waals surface area (Å²) in [5, 5.41) is 17.0. The van der Waals surface area contributed by atoms with Crippen LogP contribution in [0.25, 0.3) is 11.3 Å². The molecule has 2 aromatic rings. The minimum absolute atomic E-state index is 0.0814. The molecule has 0 aliphatic carbocycles. The van der Waals surface area contributed by atoms with E-state index in [9.17, 15) is 9.90 Å². The fourth-order valence-electron chi connectivity index (χ4n) is 2.22. The Hall–Kier alpha value is -2.34. The van der Waals surface area contributed by atoms with E-state index in [1.807, 2.05) is 38.1 Å². The lowest BCUT2D eigenvalue weighted by Gasteiger charge is -2.15. The Bertz CT molecular complexity index is 679. The third-order valence-corrected chi connectivity index (χ3v) is 3.68. The second-order valence-corrected chi connectivity index (χ2v) is 5.79. The average Bonchev–Trinajstić information content (AvgIpc) is 2.93. The van der Waals surface area contributed by atoms with Crippen LogP contribution in [-0.4, -0.2) is 40.6 Å². The van der Waals surface area contributed by atoms with Crippen molar-refractivity contribution in [2.45, 2.75) is 20.0 Å². The highest BCUT2D eigenvalue weighted by Gasteiger charge is 2.20. The molecular weight excluding hydrogens is 294 g/mol. The molecule has 1 aromatic carbocycles. The van der Waals surface area contributed by atoms with Gasteiger partial charge in [0.2, 0.25) is 0 Å². The number of carbonyl (C=O) groups is 1. The van der Waals surface area contributed by atoms with Crippen LogP contribution in [0.4, 0.5) is 0 Å². The van der Waals surface area contributed by atoms with Crippen molar-refractivity contribution in [3.63, 3.8) is 0 Å². The summed E-state index contributed by atoms with van der Waals surface area (Å²) < 4.78 is 6.95. The number of aliphatic hydroxyl groups excluding tert-OH is 1. The van der Waals surface area contributed by atoms with E-state index in [4.69, 9.17) is 4.74 Å². The highest BCUT2D eigenvalue weighted by atomic mass is 16.5. The minimum Gasteiger partial charge on any atom is -0.496 e. The van der Waals surface area contributed by atoms with E-state index >= 15 is 0 Å². The Morgan fingerprint density at radius 3 is 2.74 bits per heavy atom. The molecule has 0 radical (unpaired) electrons. The third-order valence-electron chi connectivity index (χ3n) is 3.68. The number of nitrogens with one attached hydrogen (secondary N) is 1. The fourth-order valence-corrected chi connectivity index (χ4v) is 2.22. The van der Waals surface area contributed by atoms with Gasteiger partial charge in [-0.15, -0.1) is 0 Å². The van der Waals surface area contributed by atoms with Gasteiger partial charge in [0.05, 0.1) is 18.8 Å². The van der Waals surface area contributed by atoms with Gasteiger partial charge >= 0.3 is 0 Å². The zero-order valence-electron chi connectivity index (χ0n) is 13.9. The van der Waals surface area contributed by atoms with Crippen molar-refractivity contribution in [3.05, 3.63) is 36.0 Å². The van der Waals surface area contributed by atoms with Crippen LogP contribution in [0.15, 0.2) is 30.5 Å². The first kappa shape index (κ1) is 17.0. The van der Waals surface area contributed by atoms with Gasteiger partial charge in [0.25, 0.3) is 5.91 Å². The number of benzene rings is 1. The van der Waals surface area contributed by atoms with Crippen molar-refractivity contribution in [1.29, 1.82) is 0 Å². The molecule has 0 saturated heterocycles. The molecular formula is C17H23N3O3. The van der Waals surface area contributed by atoms with E-state index in [-0.39, 0.29) is 18.4 Å². The molecule has 0 bridgehead atoms. The number of amides is 1. The number of rotatable bonds is 6. The molecule has 0 spiro atoms. The zero-order valence-corrected chi connectivity index (χ0v) is 13.9. The van der Waals surface area contributed by atoms with E-state index in [1.165, 1.54) is 0 Å². The number of ether oxygens (including phenoxy) is 1. The lowest BCUT2D eigenvalue weighted by atomic mass is 10.1. The molecule has 0 aliphatic heterocycles. The number of hydrogen-bond donors (Lipinski definition) is 2. The maximum absolute atomic E-state index is 12.5. The number of aryl methyl sites for hydroxylation is 1. The average molecular weight is 317 g/mol. The Kier molecular flexibility index (Phi) is 5.39. The molecule has 1 aromatic heterocycles. The van der Waals surface area contributed by atoms with Crippen LogP contribution in [-0.2, 0) is 7.05 Å². The monoisotopic (exact) mass is 317 g/mol. The molecule has 2 rings (SSSR count). The smallest absolute Gasteiger partial charge is 0.255 e. The number of para-hydroxylation sites is 1. The van der Waals surface area contributed by atoms with Crippen molar-refractivity contribution < 1.29 is 14.6 Å². The Morgan fingerprint density at radius 2 is 2.09 bits per heavy atom. The maximum atomic E-state index is 12.5. The molecule has 0 saturated carbocycles. The summed E-state index contributed by atoms with van der Waals surface area (Å²) in [6.07, 6.45) is 1.09. The second kappa shape index (κ2) is 7.28. The van der Waals surface area contributed by atoms with Crippen LogP contribution in [0.2, 0.25) is 0 Å². The summed E-state index contributed by atoms with van der Waals surface area (Å²) >= 11 is 0. The number of aliphatic hydroxyl groups is 1. The maximum Gasteiger partial charge on any atom is 0.255 e. The van der Waals surface area contributed by atoms with Crippen molar-refractivity contribution in [1.82, 2.24) is 15.1 Å². The quantitative estimate of drug-likeness (QED) is 0.852. The minimum atomic E-state index is -0.578. The Labute approximate surface area is 136 Å². The van der Waals surface area contributed by atoms with E-state index in [0.717, 1.165) is 5.56 Å². The van der Waals surface area contributed by atoms with Gasteiger partial charge in [-0.25, -0.2) is 0 Å². The number of nitrogens with zero attached hydrogens (tertiary/aromatic N) is 2. The lowest BCUT2D eigenvalue weighted by Crippen LogP contribution is -2.34. The van der Waals surface area contributed by atoms with Gasteiger partial charge in [0.15, 0.2) is 0 Å². The first-order chi connectivity index (χ1) is 10.9. The van der Waals surface area contributed by atoms with Crippen LogP contribution >= 0.6 is 0 Å². The summed E-state index contributed by atoms with van der Waals surface area (Å²) in [6.45, 7) is 4.01. The van der Waals surface area contributed by atoms with E-state index in [2.05, 4.69) is 10.4 Å². The summed E-state index contributed by atoms with van der Waals surface area (Å²) in [5.41, 5.74) is 1.76. The molecule has 6 nitrogen and oxygen atoms in total. The van der Waals surface area contributed by atoms with Gasteiger partial charge in [-0.05, 0) is 18.1 Å². The summed E-state index contributed by atoms with van der Waals surface area (Å²) in [4.78, 5) is 12.5. The van der Waals surface area contributed by atoms with E-state index in [1.54, 1.807) is 25.0 Å². The lowest BCUT2D eigenvalue weighted by molar-refractivity contribution is 0.0872. The summed E-state index contributed by atoms with van der Waals surface area (Å²) in [5.74, 6) is 0.471. The zero-order chi connectivity index (χ0) is 17.0. The van der Waals surface area contributed by atoms with Gasteiger partial charge in [0, 0.05) is 25.4 Å². The molecule has 1 amide bonds. The molecule has 23 heavy (non-hydrogen) atoms. The fraction of sp³-hybridized carbons (Fsp3) is 0.412.